The SMILES string of the molecule is CNC(CC1OCCO1)c1ncc(OC)nc1OC. The monoisotopic (exact) mass is 269 g/mol. The quantitative estimate of drug-likeness (QED) is 0.806. The van der Waals surface area contributed by atoms with Gasteiger partial charge >= 0.3 is 0 Å². The van der Waals surface area contributed by atoms with E-state index in [2.05, 4.69) is 15.3 Å². The van der Waals surface area contributed by atoms with Crippen molar-refractivity contribution >= 4 is 0 Å². The third-order valence-electron chi connectivity index (χ3n) is 2.94. The third kappa shape index (κ3) is 3.31. The van der Waals surface area contributed by atoms with Crippen LogP contribution in [-0.4, -0.2) is 50.7 Å². The van der Waals surface area contributed by atoms with Crippen molar-refractivity contribution in [2.24, 2.45) is 0 Å². The van der Waals surface area contributed by atoms with Crippen LogP contribution in [0.3, 0.4) is 0 Å². The van der Waals surface area contributed by atoms with Crippen LogP contribution in [0.15, 0.2) is 6.20 Å². The van der Waals surface area contributed by atoms with Gasteiger partial charge in [-0.15, -0.1) is 0 Å². The molecule has 0 saturated carbocycles. The van der Waals surface area contributed by atoms with Gasteiger partial charge in [0.25, 0.3) is 0 Å². The predicted octanol–water partition coefficient (Wildman–Crippen LogP) is 0.517. The van der Waals surface area contributed by atoms with Crippen LogP contribution in [0.25, 0.3) is 0 Å². The molecule has 1 fully saturated rings. The maximum atomic E-state index is 5.45. The Morgan fingerprint density at radius 2 is 2.11 bits per heavy atom. The van der Waals surface area contributed by atoms with Crippen molar-refractivity contribution in [2.75, 3.05) is 34.5 Å². The molecule has 1 aromatic heterocycles. The Balaban J connectivity index is 2.16. The van der Waals surface area contributed by atoms with Gasteiger partial charge in [-0.1, -0.05) is 0 Å². The lowest BCUT2D eigenvalue weighted by Crippen LogP contribution is -2.24. The van der Waals surface area contributed by atoms with Gasteiger partial charge in [-0.25, -0.2) is 4.98 Å². The molecule has 0 amide bonds. The highest BCUT2D eigenvalue weighted by Crippen LogP contribution is 2.27. The van der Waals surface area contributed by atoms with E-state index in [1.54, 1.807) is 20.4 Å². The topological polar surface area (TPSA) is 74.7 Å². The number of hydrogen-bond donors (Lipinski definition) is 1. The molecule has 1 aliphatic rings. The number of aromatic nitrogens is 2. The molecule has 1 aliphatic heterocycles. The first-order valence-corrected chi connectivity index (χ1v) is 6.14. The molecular formula is C12H19N3O4. The van der Waals surface area contributed by atoms with Crippen LogP contribution >= 0.6 is 0 Å². The lowest BCUT2D eigenvalue weighted by Gasteiger charge is -2.20. The van der Waals surface area contributed by atoms with Crippen molar-refractivity contribution in [1.29, 1.82) is 0 Å². The van der Waals surface area contributed by atoms with Gasteiger partial charge < -0.3 is 24.3 Å². The predicted molar refractivity (Wildman–Crippen MR) is 67.2 cm³/mol. The highest BCUT2D eigenvalue weighted by Gasteiger charge is 2.25. The zero-order chi connectivity index (χ0) is 13.7. The molecule has 1 saturated heterocycles. The first-order chi connectivity index (χ1) is 9.28. The smallest absolute Gasteiger partial charge is 0.240 e. The summed E-state index contributed by atoms with van der Waals surface area (Å²) in [5.41, 5.74) is 0.713. The van der Waals surface area contributed by atoms with Gasteiger partial charge in [0.05, 0.1) is 39.7 Å². The van der Waals surface area contributed by atoms with E-state index in [0.717, 1.165) is 0 Å². The van der Waals surface area contributed by atoms with Crippen LogP contribution in [0.1, 0.15) is 18.2 Å². The van der Waals surface area contributed by atoms with Crippen molar-refractivity contribution in [1.82, 2.24) is 15.3 Å². The van der Waals surface area contributed by atoms with Crippen molar-refractivity contribution in [3.8, 4) is 11.8 Å². The van der Waals surface area contributed by atoms with E-state index in [9.17, 15) is 0 Å². The van der Waals surface area contributed by atoms with Crippen LogP contribution in [0, 0.1) is 0 Å². The van der Waals surface area contributed by atoms with E-state index in [0.29, 0.717) is 37.1 Å². The van der Waals surface area contributed by atoms with Gasteiger partial charge in [0, 0.05) is 6.42 Å². The minimum Gasteiger partial charge on any atom is -0.480 e. The van der Waals surface area contributed by atoms with Gasteiger partial charge in [-0.2, -0.15) is 4.98 Å². The molecule has 0 radical (unpaired) electrons. The average Bonchev–Trinajstić information content (AvgIpc) is 2.97. The maximum absolute atomic E-state index is 5.45. The maximum Gasteiger partial charge on any atom is 0.240 e. The molecular weight excluding hydrogens is 250 g/mol. The lowest BCUT2D eigenvalue weighted by atomic mass is 10.1. The highest BCUT2D eigenvalue weighted by atomic mass is 16.7. The molecule has 2 heterocycles. The summed E-state index contributed by atoms with van der Waals surface area (Å²) in [6.07, 6.45) is 2.00. The summed E-state index contributed by atoms with van der Waals surface area (Å²) in [4.78, 5) is 8.57. The molecule has 0 bridgehead atoms. The van der Waals surface area contributed by atoms with E-state index in [1.165, 1.54) is 0 Å². The first-order valence-electron chi connectivity index (χ1n) is 6.14. The summed E-state index contributed by atoms with van der Waals surface area (Å²) in [5, 5.41) is 3.17. The van der Waals surface area contributed by atoms with Crippen molar-refractivity contribution in [2.45, 2.75) is 18.8 Å². The molecule has 1 aromatic rings. The van der Waals surface area contributed by atoms with Gasteiger partial charge in [-0.3, -0.25) is 0 Å². The first kappa shape index (κ1) is 14.0. The molecule has 0 spiro atoms. The van der Waals surface area contributed by atoms with E-state index >= 15 is 0 Å². The summed E-state index contributed by atoms with van der Waals surface area (Å²) in [6.45, 7) is 1.26. The highest BCUT2D eigenvalue weighted by molar-refractivity contribution is 5.25. The second-order valence-electron chi connectivity index (χ2n) is 4.05. The fourth-order valence-corrected chi connectivity index (χ4v) is 1.96. The zero-order valence-corrected chi connectivity index (χ0v) is 11.4. The molecule has 1 N–H and O–H groups in total. The number of methoxy groups -OCH3 is 2. The zero-order valence-electron chi connectivity index (χ0n) is 11.4. The number of hydrogen-bond acceptors (Lipinski definition) is 7. The molecule has 1 unspecified atom stereocenters. The molecule has 7 heteroatoms. The van der Waals surface area contributed by atoms with Crippen LogP contribution in [0.2, 0.25) is 0 Å². The second kappa shape index (κ2) is 6.65. The van der Waals surface area contributed by atoms with E-state index in [-0.39, 0.29) is 12.3 Å². The molecule has 1 atom stereocenters. The van der Waals surface area contributed by atoms with Gasteiger partial charge in [-0.05, 0) is 7.05 Å². The summed E-state index contributed by atoms with van der Waals surface area (Å²) in [5.74, 6) is 0.862. The molecule has 19 heavy (non-hydrogen) atoms. The van der Waals surface area contributed by atoms with Gasteiger partial charge in [0.2, 0.25) is 11.8 Å². The molecule has 106 valence electrons. The Morgan fingerprint density at radius 1 is 1.37 bits per heavy atom. The average molecular weight is 269 g/mol. The van der Waals surface area contributed by atoms with Crippen molar-refractivity contribution in [3.05, 3.63) is 11.9 Å². The van der Waals surface area contributed by atoms with Crippen LogP contribution in [0.4, 0.5) is 0 Å². The summed E-state index contributed by atoms with van der Waals surface area (Å²) in [7, 11) is 4.95. The largest absolute Gasteiger partial charge is 0.480 e. The van der Waals surface area contributed by atoms with Crippen molar-refractivity contribution < 1.29 is 18.9 Å². The third-order valence-corrected chi connectivity index (χ3v) is 2.94. The van der Waals surface area contributed by atoms with E-state index < -0.39 is 0 Å². The molecule has 0 aromatic carbocycles. The number of rotatable bonds is 6. The van der Waals surface area contributed by atoms with Gasteiger partial charge in [0.15, 0.2) is 6.29 Å². The Morgan fingerprint density at radius 3 is 2.68 bits per heavy atom. The van der Waals surface area contributed by atoms with E-state index in [1.807, 2.05) is 7.05 Å². The minimum atomic E-state index is -0.217. The summed E-state index contributed by atoms with van der Waals surface area (Å²) < 4.78 is 21.2. The molecule has 7 nitrogen and oxygen atoms in total. The van der Waals surface area contributed by atoms with Gasteiger partial charge in [0.1, 0.15) is 5.69 Å². The second-order valence-corrected chi connectivity index (χ2v) is 4.05. The van der Waals surface area contributed by atoms with Crippen LogP contribution in [-0.2, 0) is 9.47 Å². The van der Waals surface area contributed by atoms with Crippen LogP contribution in [0.5, 0.6) is 11.8 Å². The Hall–Kier alpha value is -1.44. The fraction of sp³-hybridized carbons (Fsp3) is 0.667. The molecule has 2 rings (SSSR count). The van der Waals surface area contributed by atoms with E-state index in [4.69, 9.17) is 18.9 Å². The Bertz CT molecular complexity index is 410. The number of ether oxygens (including phenoxy) is 4. The molecule has 0 aliphatic carbocycles. The normalized spacial score (nSPS) is 17.4. The van der Waals surface area contributed by atoms with Crippen molar-refractivity contribution in [3.63, 3.8) is 0 Å². The Kier molecular flexibility index (Phi) is 4.89. The summed E-state index contributed by atoms with van der Waals surface area (Å²) >= 11 is 0. The lowest BCUT2D eigenvalue weighted by molar-refractivity contribution is -0.0529. The fourth-order valence-electron chi connectivity index (χ4n) is 1.96. The number of nitrogens with zero attached hydrogens (tertiary/aromatic N) is 2. The minimum absolute atomic E-state index is 0.0588. The van der Waals surface area contributed by atoms with Crippen LogP contribution < -0.4 is 14.8 Å². The summed E-state index contributed by atoms with van der Waals surface area (Å²) in [6, 6.07) is -0.0588. The Labute approximate surface area is 112 Å². The standard InChI is InChI=1S/C12H19N3O4/c1-13-8(6-10-18-4-5-19-10)11-12(17-3)15-9(16-2)7-14-11/h7-8,10,13H,4-6H2,1-3H3. The number of nitrogens with one attached hydrogen (secondary N) is 1.